The van der Waals surface area contributed by atoms with Crippen LogP contribution in [0.3, 0.4) is 0 Å². The summed E-state index contributed by atoms with van der Waals surface area (Å²) in [5.74, 6) is -0.0991. The van der Waals surface area contributed by atoms with Crippen LogP contribution in [0.25, 0.3) is 0 Å². The number of carbonyl (C=O) groups is 1. The Hall–Kier alpha value is -1.64. The van der Waals surface area contributed by atoms with E-state index in [2.05, 4.69) is 11.9 Å². The number of benzene rings is 1. The quantitative estimate of drug-likeness (QED) is 0.547. The zero-order chi connectivity index (χ0) is 12.8. The van der Waals surface area contributed by atoms with E-state index in [0.29, 0.717) is 13.0 Å². The second-order valence-electron chi connectivity index (χ2n) is 4.54. The SMILES string of the molecule is CCCCCC(=O)OC[C@@H]1N=C1c1ccccc1. The van der Waals surface area contributed by atoms with Crippen molar-refractivity contribution >= 4 is 11.7 Å². The van der Waals surface area contributed by atoms with Gasteiger partial charge in [0, 0.05) is 6.42 Å². The molecule has 18 heavy (non-hydrogen) atoms. The standard InChI is InChI=1S/C15H19NO2/c1-2-3-5-10-14(17)18-11-13-15(16-13)12-8-6-4-7-9-12/h4,6-9,13H,2-3,5,10-11H2,1H3/t13-/m0/s1. The van der Waals surface area contributed by atoms with Crippen LogP contribution in [0.15, 0.2) is 35.3 Å². The molecule has 3 nitrogen and oxygen atoms in total. The van der Waals surface area contributed by atoms with E-state index in [4.69, 9.17) is 4.74 Å². The number of ether oxygens (including phenoxy) is 1. The lowest BCUT2D eigenvalue weighted by Gasteiger charge is -2.03. The van der Waals surface area contributed by atoms with Crippen LogP contribution in [0, 0.1) is 0 Å². The summed E-state index contributed by atoms with van der Waals surface area (Å²) in [4.78, 5) is 15.8. The Kier molecular flexibility index (Phi) is 4.51. The Morgan fingerprint density at radius 3 is 2.78 bits per heavy atom. The van der Waals surface area contributed by atoms with Crippen LogP contribution in [0.5, 0.6) is 0 Å². The zero-order valence-electron chi connectivity index (χ0n) is 10.8. The molecule has 0 N–H and O–H groups in total. The molecule has 2 rings (SSSR count). The topological polar surface area (TPSA) is 38.7 Å². The van der Waals surface area contributed by atoms with Crippen LogP contribution in [-0.4, -0.2) is 24.3 Å². The molecule has 1 heterocycles. The Balaban J connectivity index is 1.64. The predicted molar refractivity (Wildman–Crippen MR) is 71.9 cm³/mol. The fourth-order valence-electron chi connectivity index (χ4n) is 1.89. The van der Waals surface area contributed by atoms with Crippen LogP contribution in [0.4, 0.5) is 0 Å². The highest BCUT2D eigenvalue weighted by molar-refractivity contribution is 6.13. The van der Waals surface area contributed by atoms with Gasteiger partial charge in [-0.05, 0) is 12.0 Å². The Morgan fingerprint density at radius 1 is 1.28 bits per heavy atom. The van der Waals surface area contributed by atoms with Gasteiger partial charge in [0.05, 0.1) is 5.71 Å². The largest absolute Gasteiger partial charge is 0.463 e. The van der Waals surface area contributed by atoms with Crippen LogP contribution < -0.4 is 0 Å². The number of nitrogens with zero attached hydrogens (tertiary/aromatic N) is 1. The summed E-state index contributed by atoms with van der Waals surface area (Å²) < 4.78 is 5.21. The maximum absolute atomic E-state index is 11.4. The van der Waals surface area contributed by atoms with Gasteiger partial charge in [0.1, 0.15) is 12.6 Å². The second-order valence-corrected chi connectivity index (χ2v) is 4.54. The van der Waals surface area contributed by atoms with Crippen molar-refractivity contribution in [3.05, 3.63) is 35.9 Å². The molecule has 1 aromatic rings. The van der Waals surface area contributed by atoms with Gasteiger partial charge in [0.25, 0.3) is 0 Å². The highest BCUT2D eigenvalue weighted by Crippen LogP contribution is 2.20. The minimum atomic E-state index is -0.0991. The summed E-state index contributed by atoms with van der Waals surface area (Å²) in [6.45, 7) is 2.52. The van der Waals surface area contributed by atoms with E-state index in [-0.39, 0.29) is 12.0 Å². The van der Waals surface area contributed by atoms with Gasteiger partial charge in [-0.1, -0.05) is 50.1 Å². The molecule has 0 fully saturated rings. The molecule has 1 atom stereocenters. The van der Waals surface area contributed by atoms with Gasteiger partial charge in [0.2, 0.25) is 0 Å². The van der Waals surface area contributed by atoms with Crippen molar-refractivity contribution in [3.63, 3.8) is 0 Å². The number of rotatable bonds is 7. The minimum Gasteiger partial charge on any atom is -0.463 e. The Labute approximate surface area is 108 Å². The van der Waals surface area contributed by atoms with Crippen molar-refractivity contribution in [1.82, 2.24) is 0 Å². The van der Waals surface area contributed by atoms with Crippen LogP contribution in [0.1, 0.15) is 38.2 Å². The van der Waals surface area contributed by atoms with E-state index in [9.17, 15) is 4.79 Å². The van der Waals surface area contributed by atoms with E-state index < -0.39 is 0 Å². The first-order valence-electron chi connectivity index (χ1n) is 6.60. The Bertz CT molecular complexity index is 425. The van der Waals surface area contributed by atoms with Gasteiger partial charge >= 0.3 is 5.97 Å². The van der Waals surface area contributed by atoms with E-state index in [0.717, 1.165) is 30.5 Å². The second kappa shape index (κ2) is 6.34. The molecule has 0 aliphatic carbocycles. The van der Waals surface area contributed by atoms with E-state index in [1.807, 2.05) is 30.3 Å². The van der Waals surface area contributed by atoms with Gasteiger partial charge in [-0.25, -0.2) is 0 Å². The maximum Gasteiger partial charge on any atom is 0.305 e. The normalized spacial score (nSPS) is 17.2. The third kappa shape index (κ3) is 3.69. The molecular weight excluding hydrogens is 226 g/mol. The average Bonchev–Trinajstić information content (AvgIpc) is 3.17. The number of hydrogen-bond acceptors (Lipinski definition) is 3. The molecule has 3 heteroatoms. The summed E-state index contributed by atoms with van der Waals surface area (Å²) in [7, 11) is 0. The lowest BCUT2D eigenvalue weighted by atomic mass is 10.1. The highest BCUT2D eigenvalue weighted by Gasteiger charge is 2.29. The number of hydrogen-bond donors (Lipinski definition) is 0. The first-order valence-corrected chi connectivity index (χ1v) is 6.60. The summed E-state index contributed by atoms with van der Waals surface area (Å²) in [6, 6.07) is 10.1. The van der Waals surface area contributed by atoms with Crippen LogP contribution in [-0.2, 0) is 9.53 Å². The number of unbranched alkanes of at least 4 members (excludes halogenated alkanes) is 2. The molecule has 96 valence electrons. The lowest BCUT2D eigenvalue weighted by molar-refractivity contribution is -0.143. The van der Waals surface area contributed by atoms with Crippen molar-refractivity contribution in [3.8, 4) is 0 Å². The van der Waals surface area contributed by atoms with Crippen LogP contribution >= 0.6 is 0 Å². The molecule has 0 aromatic heterocycles. The summed E-state index contributed by atoms with van der Waals surface area (Å²) in [5, 5.41) is 0. The van der Waals surface area contributed by atoms with E-state index in [1.165, 1.54) is 0 Å². The molecule has 1 aromatic carbocycles. The van der Waals surface area contributed by atoms with Crippen LogP contribution in [0.2, 0.25) is 0 Å². The fourth-order valence-corrected chi connectivity index (χ4v) is 1.89. The fraction of sp³-hybridized carbons (Fsp3) is 0.467. The monoisotopic (exact) mass is 245 g/mol. The van der Waals surface area contributed by atoms with Gasteiger partial charge in [0.15, 0.2) is 0 Å². The van der Waals surface area contributed by atoms with Crippen molar-refractivity contribution < 1.29 is 9.53 Å². The molecule has 0 spiro atoms. The molecule has 0 bridgehead atoms. The third-order valence-electron chi connectivity index (χ3n) is 3.00. The van der Waals surface area contributed by atoms with Crippen molar-refractivity contribution in [2.24, 2.45) is 4.99 Å². The van der Waals surface area contributed by atoms with Crippen molar-refractivity contribution in [2.75, 3.05) is 6.61 Å². The molecule has 0 radical (unpaired) electrons. The zero-order valence-corrected chi connectivity index (χ0v) is 10.8. The average molecular weight is 245 g/mol. The molecule has 1 aliphatic heterocycles. The lowest BCUT2D eigenvalue weighted by Crippen LogP contribution is -2.13. The number of carbonyl (C=O) groups excluding carboxylic acids is 1. The molecule has 0 saturated heterocycles. The highest BCUT2D eigenvalue weighted by atomic mass is 16.5. The van der Waals surface area contributed by atoms with Crippen molar-refractivity contribution in [2.45, 2.75) is 38.6 Å². The Morgan fingerprint density at radius 2 is 2.06 bits per heavy atom. The molecule has 0 saturated carbocycles. The van der Waals surface area contributed by atoms with Gasteiger partial charge in [-0.3, -0.25) is 9.79 Å². The molecule has 0 unspecified atom stereocenters. The summed E-state index contributed by atoms with van der Waals surface area (Å²) in [5.41, 5.74) is 2.18. The smallest absolute Gasteiger partial charge is 0.305 e. The van der Waals surface area contributed by atoms with Gasteiger partial charge < -0.3 is 4.74 Å². The first kappa shape index (κ1) is 12.8. The third-order valence-corrected chi connectivity index (χ3v) is 3.00. The molecular formula is C15H19NO2. The van der Waals surface area contributed by atoms with E-state index >= 15 is 0 Å². The molecule has 1 aliphatic rings. The summed E-state index contributed by atoms with van der Waals surface area (Å²) >= 11 is 0. The maximum atomic E-state index is 11.4. The first-order chi connectivity index (χ1) is 8.81. The minimum absolute atomic E-state index is 0.0857. The van der Waals surface area contributed by atoms with Crippen molar-refractivity contribution in [1.29, 1.82) is 0 Å². The summed E-state index contributed by atoms with van der Waals surface area (Å²) in [6.07, 6.45) is 3.66. The van der Waals surface area contributed by atoms with Gasteiger partial charge in [-0.15, -0.1) is 0 Å². The number of esters is 1. The number of aliphatic imine (C=N–C) groups is 1. The van der Waals surface area contributed by atoms with Gasteiger partial charge in [-0.2, -0.15) is 0 Å². The van der Waals surface area contributed by atoms with E-state index in [1.54, 1.807) is 0 Å². The molecule has 0 amide bonds. The predicted octanol–water partition coefficient (Wildman–Crippen LogP) is 2.98.